The lowest BCUT2D eigenvalue weighted by molar-refractivity contribution is 0.262. The van der Waals surface area contributed by atoms with E-state index in [1.807, 2.05) is 56.3 Å². The Bertz CT molecular complexity index is 938. The van der Waals surface area contributed by atoms with Gasteiger partial charge in [-0.05, 0) is 67.8 Å². The van der Waals surface area contributed by atoms with Crippen LogP contribution in [0.25, 0.3) is 10.6 Å². The second-order valence-corrected chi connectivity index (χ2v) is 7.49. The molecule has 0 spiro atoms. The van der Waals surface area contributed by atoms with E-state index >= 15 is 0 Å². The van der Waals surface area contributed by atoms with Gasteiger partial charge in [0.05, 0.1) is 6.61 Å². The molecule has 3 aromatic rings. The summed E-state index contributed by atoms with van der Waals surface area (Å²) in [6.45, 7) is 6.90. The zero-order chi connectivity index (χ0) is 19.9. The molecule has 0 aliphatic heterocycles. The van der Waals surface area contributed by atoms with E-state index in [0.717, 1.165) is 47.0 Å². The van der Waals surface area contributed by atoms with Crippen LogP contribution >= 0.6 is 11.3 Å². The summed E-state index contributed by atoms with van der Waals surface area (Å²) in [6.07, 6.45) is 2.15. The summed E-state index contributed by atoms with van der Waals surface area (Å²) in [4.78, 5) is 12.2. The fourth-order valence-electron chi connectivity index (χ4n) is 2.50. The molecule has 0 aliphatic rings. The molecule has 2 N–H and O–H groups in total. The Labute approximate surface area is 169 Å². The topological polar surface area (TPSA) is 76.1 Å². The van der Waals surface area contributed by atoms with Crippen LogP contribution in [0.1, 0.15) is 30.9 Å². The first-order valence-corrected chi connectivity index (χ1v) is 10.1. The number of carbonyl (C=O) groups excluding carboxylic acids is 1. The molecule has 3 rings (SSSR count). The summed E-state index contributed by atoms with van der Waals surface area (Å²) in [6, 6.07) is 13.2. The molecule has 7 heteroatoms. The van der Waals surface area contributed by atoms with Crippen molar-refractivity contribution in [3.05, 3.63) is 53.6 Å². The molecular weight excluding hydrogens is 372 g/mol. The Morgan fingerprint density at radius 3 is 2.54 bits per heavy atom. The molecule has 1 aromatic heterocycles. The number of rotatable bonds is 7. The van der Waals surface area contributed by atoms with Gasteiger partial charge in [0.15, 0.2) is 0 Å². The van der Waals surface area contributed by atoms with E-state index in [9.17, 15) is 4.79 Å². The average molecular weight is 397 g/mol. The molecule has 2 amide bonds. The smallest absolute Gasteiger partial charge is 0.325 e. The lowest BCUT2D eigenvalue weighted by atomic mass is 10.1. The second-order valence-electron chi connectivity index (χ2n) is 6.52. The Kier molecular flexibility index (Phi) is 6.60. The molecule has 0 aliphatic carbocycles. The number of unbranched alkanes of at least 4 members (excludes halogenated alkanes) is 1. The third-order valence-corrected chi connectivity index (χ3v) is 5.17. The molecule has 0 bridgehead atoms. The van der Waals surface area contributed by atoms with Crippen molar-refractivity contribution in [1.29, 1.82) is 0 Å². The van der Waals surface area contributed by atoms with Crippen LogP contribution in [-0.4, -0.2) is 22.8 Å². The molecule has 6 nitrogen and oxygen atoms in total. The van der Waals surface area contributed by atoms with Crippen molar-refractivity contribution in [2.75, 3.05) is 17.2 Å². The van der Waals surface area contributed by atoms with E-state index in [2.05, 4.69) is 27.8 Å². The van der Waals surface area contributed by atoms with Crippen LogP contribution in [0.5, 0.6) is 5.75 Å². The van der Waals surface area contributed by atoms with Crippen molar-refractivity contribution in [2.24, 2.45) is 0 Å². The maximum atomic E-state index is 12.2. The molecule has 0 unspecified atom stereocenters. The molecule has 146 valence electrons. The van der Waals surface area contributed by atoms with E-state index < -0.39 is 0 Å². The fraction of sp³-hybridized carbons (Fsp3) is 0.286. The van der Waals surface area contributed by atoms with Crippen LogP contribution in [0.3, 0.4) is 0 Å². The quantitative estimate of drug-likeness (QED) is 0.506. The van der Waals surface area contributed by atoms with Gasteiger partial charge in [-0.1, -0.05) is 30.7 Å². The Hall–Kier alpha value is -2.93. The first-order chi connectivity index (χ1) is 13.5. The monoisotopic (exact) mass is 396 g/mol. The van der Waals surface area contributed by atoms with Gasteiger partial charge in [0, 0.05) is 11.3 Å². The zero-order valence-corrected chi connectivity index (χ0v) is 17.1. The highest BCUT2D eigenvalue weighted by molar-refractivity contribution is 7.18. The number of carbonyl (C=O) groups is 1. The van der Waals surface area contributed by atoms with Crippen LogP contribution in [0.4, 0.5) is 15.6 Å². The number of nitrogens with one attached hydrogen (secondary N) is 2. The molecule has 0 fully saturated rings. The molecule has 1 heterocycles. The van der Waals surface area contributed by atoms with E-state index in [1.54, 1.807) is 0 Å². The lowest BCUT2D eigenvalue weighted by Crippen LogP contribution is -2.19. The Morgan fingerprint density at radius 1 is 1.04 bits per heavy atom. The number of aryl methyl sites for hydroxylation is 2. The minimum atomic E-state index is -0.342. The summed E-state index contributed by atoms with van der Waals surface area (Å²) in [5, 5.41) is 14.9. The number of hydrogen-bond acceptors (Lipinski definition) is 5. The maximum Gasteiger partial charge on any atom is 0.325 e. The van der Waals surface area contributed by atoms with Gasteiger partial charge in [0.1, 0.15) is 10.8 Å². The number of anilines is 2. The number of hydrogen-bond donors (Lipinski definition) is 2. The van der Waals surface area contributed by atoms with E-state index in [0.29, 0.717) is 5.13 Å². The molecule has 28 heavy (non-hydrogen) atoms. The van der Waals surface area contributed by atoms with Gasteiger partial charge >= 0.3 is 6.03 Å². The molecule has 0 saturated carbocycles. The number of benzene rings is 2. The SMILES string of the molecule is CCCCOc1ccc(-c2nnc(NC(=O)Nc3ccc(C)c(C)c3)s2)cc1. The normalized spacial score (nSPS) is 10.5. The van der Waals surface area contributed by atoms with Gasteiger partial charge in [-0.15, -0.1) is 10.2 Å². The number of ether oxygens (including phenoxy) is 1. The number of urea groups is 1. The minimum absolute atomic E-state index is 0.342. The van der Waals surface area contributed by atoms with Crippen LogP contribution in [-0.2, 0) is 0 Å². The number of aromatic nitrogens is 2. The van der Waals surface area contributed by atoms with Crippen molar-refractivity contribution in [3.63, 3.8) is 0 Å². The van der Waals surface area contributed by atoms with Gasteiger partial charge in [0.25, 0.3) is 0 Å². The summed E-state index contributed by atoms with van der Waals surface area (Å²) >= 11 is 1.32. The standard InChI is InChI=1S/C21H24N4O2S/c1-4-5-12-27-18-10-7-16(8-11-18)19-24-25-21(28-19)23-20(26)22-17-9-6-14(2)15(3)13-17/h6-11,13H,4-5,12H2,1-3H3,(H2,22,23,25,26). The van der Waals surface area contributed by atoms with Crippen LogP contribution in [0.15, 0.2) is 42.5 Å². The van der Waals surface area contributed by atoms with Gasteiger partial charge in [-0.25, -0.2) is 4.79 Å². The van der Waals surface area contributed by atoms with Crippen molar-refractivity contribution < 1.29 is 9.53 Å². The largest absolute Gasteiger partial charge is 0.494 e. The van der Waals surface area contributed by atoms with E-state index in [1.165, 1.54) is 16.9 Å². The predicted molar refractivity (Wildman–Crippen MR) is 114 cm³/mol. The van der Waals surface area contributed by atoms with Gasteiger partial charge in [-0.3, -0.25) is 5.32 Å². The molecule has 0 saturated heterocycles. The number of amides is 2. The predicted octanol–water partition coefficient (Wildman–Crippen LogP) is 5.64. The van der Waals surface area contributed by atoms with Crippen molar-refractivity contribution in [2.45, 2.75) is 33.6 Å². The molecule has 0 radical (unpaired) electrons. The van der Waals surface area contributed by atoms with E-state index in [4.69, 9.17) is 4.74 Å². The highest BCUT2D eigenvalue weighted by Gasteiger charge is 2.10. The van der Waals surface area contributed by atoms with Crippen LogP contribution in [0, 0.1) is 13.8 Å². The van der Waals surface area contributed by atoms with E-state index in [-0.39, 0.29) is 6.03 Å². The third-order valence-electron chi connectivity index (χ3n) is 4.28. The molecule has 0 atom stereocenters. The average Bonchev–Trinajstić information content (AvgIpc) is 3.14. The van der Waals surface area contributed by atoms with Crippen molar-refractivity contribution in [1.82, 2.24) is 10.2 Å². The highest BCUT2D eigenvalue weighted by atomic mass is 32.1. The third kappa shape index (κ3) is 5.29. The maximum absolute atomic E-state index is 12.2. The number of nitrogens with zero attached hydrogens (tertiary/aromatic N) is 2. The second kappa shape index (κ2) is 9.32. The summed E-state index contributed by atoms with van der Waals surface area (Å²) in [7, 11) is 0. The molecular formula is C21H24N4O2S. The minimum Gasteiger partial charge on any atom is -0.494 e. The first kappa shape index (κ1) is 19.8. The highest BCUT2D eigenvalue weighted by Crippen LogP contribution is 2.28. The van der Waals surface area contributed by atoms with Gasteiger partial charge in [0.2, 0.25) is 5.13 Å². The Balaban J connectivity index is 1.58. The Morgan fingerprint density at radius 2 is 1.82 bits per heavy atom. The zero-order valence-electron chi connectivity index (χ0n) is 16.3. The van der Waals surface area contributed by atoms with Crippen LogP contribution < -0.4 is 15.4 Å². The summed E-state index contributed by atoms with van der Waals surface area (Å²) < 4.78 is 5.67. The van der Waals surface area contributed by atoms with Crippen molar-refractivity contribution >= 4 is 28.2 Å². The van der Waals surface area contributed by atoms with Crippen molar-refractivity contribution in [3.8, 4) is 16.3 Å². The first-order valence-electron chi connectivity index (χ1n) is 9.27. The summed E-state index contributed by atoms with van der Waals surface area (Å²) in [5.41, 5.74) is 3.98. The lowest BCUT2D eigenvalue weighted by Gasteiger charge is -2.07. The van der Waals surface area contributed by atoms with Crippen LogP contribution in [0.2, 0.25) is 0 Å². The summed E-state index contributed by atoms with van der Waals surface area (Å²) in [5.74, 6) is 0.841. The molecule has 2 aromatic carbocycles. The van der Waals surface area contributed by atoms with Gasteiger partial charge < -0.3 is 10.1 Å². The fourth-order valence-corrected chi connectivity index (χ4v) is 3.24. The van der Waals surface area contributed by atoms with Gasteiger partial charge in [-0.2, -0.15) is 0 Å².